The van der Waals surface area contributed by atoms with E-state index in [9.17, 15) is 22.4 Å². The lowest BCUT2D eigenvalue weighted by Crippen LogP contribution is -2.44. The lowest BCUT2D eigenvalue weighted by Gasteiger charge is -2.17. The number of alkyl halides is 3. The van der Waals surface area contributed by atoms with Gasteiger partial charge in [0.05, 0.1) is 18.7 Å². The third-order valence-corrected chi connectivity index (χ3v) is 3.37. The third kappa shape index (κ3) is 7.28. The largest absolute Gasteiger partial charge is 0.416 e. The van der Waals surface area contributed by atoms with E-state index in [1.165, 1.54) is 4.90 Å². The Hall–Kier alpha value is -2.32. The van der Waals surface area contributed by atoms with Crippen LogP contribution in [-0.2, 0) is 17.5 Å². The highest BCUT2D eigenvalue weighted by Gasteiger charge is 2.33. The number of carbonyl (C=O) groups excluding carboxylic acids is 1. The van der Waals surface area contributed by atoms with Gasteiger partial charge in [-0.25, -0.2) is 9.38 Å². The van der Waals surface area contributed by atoms with Gasteiger partial charge in [0.15, 0.2) is 5.96 Å². The summed E-state index contributed by atoms with van der Waals surface area (Å²) in [5.41, 5.74) is -1.21. The fourth-order valence-electron chi connectivity index (χ4n) is 1.91. The number of aliphatic imine (C=N–C) groups is 1. The Morgan fingerprint density at radius 1 is 1.23 bits per heavy atom. The van der Waals surface area contributed by atoms with E-state index in [2.05, 4.69) is 15.6 Å². The van der Waals surface area contributed by atoms with Gasteiger partial charge in [-0.1, -0.05) is 19.9 Å². The van der Waals surface area contributed by atoms with E-state index in [1.54, 1.807) is 14.1 Å². The fraction of sp³-hybridized carbons (Fsp3) is 0.529. The molecule has 5 nitrogen and oxygen atoms in total. The van der Waals surface area contributed by atoms with Crippen LogP contribution in [0.4, 0.5) is 17.6 Å². The molecule has 0 aromatic heterocycles. The summed E-state index contributed by atoms with van der Waals surface area (Å²) < 4.78 is 52.3. The first-order chi connectivity index (χ1) is 12.0. The maximum absolute atomic E-state index is 13.2. The summed E-state index contributed by atoms with van der Waals surface area (Å²) in [7, 11) is 3.19. The number of nitrogens with one attached hydrogen (secondary N) is 2. The third-order valence-electron chi connectivity index (χ3n) is 3.37. The molecule has 0 unspecified atom stereocenters. The molecule has 1 aromatic carbocycles. The van der Waals surface area contributed by atoms with Crippen molar-refractivity contribution in [2.24, 2.45) is 10.9 Å². The number of likely N-dealkylation sites (N-methyl/N-ethyl adjacent to an activating group) is 1. The molecule has 2 N–H and O–H groups in total. The second-order valence-corrected chi connectivity index (χ2v) is 6.38. The van der Waals surface area contributed by atoms with Crippen LogP contribution in [0.15, 0.2) is 23.2 Å². The van der Waals surface area contributed by atoms with Gasteiger partial charge in [0.2, 0.25) is 5.91 Å². The Labute approximate surface area is 150 Å². The van der Waals surface area contributed by atoms with Crippen LogP contribution in [0.3, 0.4) is 0 Å². The predicted molar refractivity (Wildman–Crippen MR) is 92.1 cm³/mol. The molecule has 0 atom stereocenters. The average Bonchev–Trinajstić information content (AvgIpc) is 2.53. The number of hydrogen-bond acceptors (Lipinski definition) is 2. The van der Waals surface area contributed by atoms with Crippen LogP contribution < -0.4 is 10.6 Å². The fourth-order valence-corrected chi connectivity index (χ4v) is 1.91. The van der Waals surface area contributed by atoms with Crippen molar-refractivity contribution in [2.45, 2.75) is 26.6 Å². The molecular formula is C17H24F4N4O. The minimum absolute atomic E-state index is 0.0491. The van der Waals surface area contributed by atoms with Gasteiger partial charge in [-0.05, 0) is 23.6 Å². The highest BCUT2D eigenvalue weighted by molar-refractivity contribution is 5.86. The van der Waals surface area contributed by atoms with Crippen LogP contribution in [-0.4, -0.2) is 44.0 Å². The van der Waals surface area contributed by atoms with Crippen molar-refractivity contribution >= 4 is 11.9 Å². The summed E-state index contributed by atoms with van der Waals surface area (Å²) in [6, 6.07) is 2.48. The monoisotopic (exact) mass is 376 g/mol. The number of carbonyl (C=O) groups is 1. The first-order valence-electron chi connectivity index (χ1n) is 8.08. The summed E-state index contributed by atoms with van der Waals surface area (Å²) in [4.78, 5) is 17.2. The number of amides is 1. The van der Waals surface area contributed by atoms with Crippen LogP contribution in [0, 0.1) is 11.7 Å². The van der Waals surface area contributed by atoms with Gasteiger partial charge in [0.25, 0.3) is 0 Å². The molecule has 0 saturated carbocycles. The van der Waals surface area contributed by atoms with E-state index < -0.39 is 17.6 Å². The van der Waals surface area contributed by atoms with Crippen LogP contribution in [0.5, 0.6) is 0 Å². The normalized spacial score (nSPS) is 12.3. The van der Waals surface area contributed by atoms with Crippen LogP contribution in [0.1, 0.15) is 25.0 Å². The van der Waals surface area contributed by atoms with E-state index in [-0.39, 0.29) is 36.4 Å². The van der Waals surface area contributed by atoms with E-state index in [0.29, 0.717) is 12.6 Å². The molecule has 146 valence electrons. The maximum atomic E-state index is 13.2. The molecule has 0 spiro atoms. The van der Waals surface area contributed by atoms with E-state index in [4.69, 9.17) is 0 Å². The van der Waals surface area contributed by atoms with Gasteiger partial charge in [0, 0.05) is 20.6 Å². The maximum Gasteiger partial charge on any atom is 0.416 e. The molecule has 1 amide bonds. The smallest absolute Gasteiger partial charge is 0.356 e. The molecule has 0 bridgehead atoms. The molecule has 0 fully saturated rings. The van der Waals surface area contributed by atoms with Gasteiger partial charge in [-0.3, -0.25) is 4.79 Å². The van der Waals surface area contributed by atoms with Crippen molar-refractivity contribution in [1.29, 1.82) is 0 Å². The first-order valence-corrected chi connectivity index (χ1v) is 8.08. The van der Waals surface area contributed by atoms with Crippen LogP contribution in [0.25, 0.3) is 0 Å². The highest BCUT2D eigenvalue weighted by atomic mass is 19.4. The molecule has 0 radical (unpaired) electrons. The minimum Gasteiger partial charge on any atom is -0.356 e. The molecule has 0 saturated heterocycles. The Kier molecular flexibility index (Phi) is 7.85. The Morgan fingerprint density at radius 3 is 2.42 bits per heavy atom. The van der Waals surface area contributed by atoms with Crippen molar-refractivity contribution in [3.63, 3.8) is 0 Å². The van der Waals surface area contributed by atoms with E-state index >= 15 is 0 Å². The van der Waals surface area contributed by atoms with Crippen LogP contribution >= 0.6 is 0 Å². The van der Waals surface area contributed by atoms with E-state index in [1.807, 2.05) is 13.8 Å². The number of halogens is 4. The lowest BCUT2D eigenvalue weighted by atomic mass is 10.1. The van der Waals surface area contributed by atoms with Crippen molar-refractivity contribution < 1.29 is 22.4 Å². The van der Waals surface area contributed by atoms with Crippen molar-refractivity contribution in [2.75, 3.05) is 27.2 Å². The number of benzene rings is 1. The molecule has 0 aliphatic rings. The molecule has 0 aliphatic heterocycles. The van der Waals surface area contributed by atoms with E-state index in [0.717, 1.165) is 12.1 Å². The predicted octanol–water partition coefficient (Wildman–Crippen LogP) is 2.62. The zero-order valence-electron chi connectivity index (χ0n) is 15.2. The summed E-state index contributed by atoms with van der Waals surface area (Å²) in [5, 5.41) is 5.75. The zero-order valence-corrected chi connectivity index (χ0v) is 15.2. The lowest BCUT2D eigenvalue weighted by molar-refractivity contribution is -0.138. The Balaban J connectivity index is 2.97. The molecular weight excluding hydrogens is 352 g/mol. The summed E-state index contributed by atoms with van der Waals surface area (Å²) >= 11 is 0. The average molecular weight is 376 g/mol. The molecule has 0 aliphatic carbocycles. The topological polar surface area (TPSA) is 56.7 Å². The van der Waals surface area contributed by atoms with Gasteiger partial charge in [-0.2, -0.15) is 13.2 Å². The highest BCUT2D eigenvalue weighted by Crippen LogP contribution is 2.32. The molecule has 9 heteroatoms. The van der Waals surface area contributed by atoms with Crippen LogP contribution in [0.2, 0.25) is 0 Å². The zero-order chi connectivity index (χ0) is 19.9. The molecule has 26 heavy (non-hydrogen) atoms. The van der Waals surface area contributed by atoms with Gasteiger partial charge >= 0.3 is 6.18 Å². The number of guanidine groups is 1. The minimum atomic E-state index is -4.67. The van der Waals surface area contributed by atoms with Crippen molar-refractivity contribution in [3.05, 3.63) is 35.1 Å². The van der Waals surface area contributed by atoms with Gasteiger partial charge < -0.3 is 15.5 Å². The van der Waals surface area contributed by atoms with Crippen molar-refractivity contribution in [1.82, 2.24) is 15.5 Å². The second kappa shape index (κ2) is 9.40. The summed E-state index contributed by atoms with van der Waals surface area (Å²) in [6.45, 7) is 4.08. The molecule has 1 aromatic rings. The molecule has 1 rings (SSSR count). The summed E-state index contributed by atoms with van der Waals surface area (Å²) in [6.07, 6.45) is -4.67. The molecule has 0 heterocycles. The Morgan fingerprint density at radius 2 is 1.88 bits per heavy atom. The Bertz CT molecular complexity index is 642. The SMILES string of the molecule is CC(C)CNC(=NCc1ccc(F)cc1C(F)(F)F)NCC(=O)N(C)C. The summed E-state index contributed by atoms with van der Waals surface area (Å²) in [5.74, 6) is -0.686. The second-order valence-electron chi connectivity index (χ2n) is 6.38. The van der Waals surface area contributed by atoms with Gasteiger partial charge in [-0.15, -0.1) is 0 Å². The first kappa shape index (κ1) is 21.7. The number of nitrogens with zero attached hydrogens (tertiary/aromatic N) is 2. The quantitative estimate of drug-likeness (QED) is 0.456. The van der Waals surface area contributed by atoms with Gasteiger partial charge in [0.1, 0.15) is 5.82 Å². The number of hydrogen-bond donors (Lipinski definition) is 2. The number of rotatable bonds is 6. The standard InChI is InChI=1S/C17H24F4N4O/c1-11(2)8-22-16(24-10-15(26)25(3)4)23-9-12-5-6-13(18)7-14(12)17(19,20)21/h5-7,11H,8-10H2,1-4H3,(H2,22,23,24). The van der Waals surface area contributed by atoms with Crippen molar-refractivity contribution in [3.8, 4) is 0 Å².